The van der Waals surface area contributed by atoms with Gasteiger partial charge < -0.3 is 19.7 Å². The third kappa shape index (κ3) is 4.98. The second-order valence-corrected chi connectivity index (χ2v) is 7.97. The molecule has 0 saturated carbocycles. The van der Waals surface area contributed by atoms with Crippen molar-refractivity contribution in [2.45, 2.75) is 44.2 Å². The van der Waals surface area contributed by atoms with Gasteiger partial charge in [-0.25, -0.2) is 0 Å². The van der Waals surface area contributed by atoms with E-state index in [1.54, 1.807) is 0 Å². The summed E-state index contributed by atoms with van der Waals surface area (Å²) in [4.78, 5) is 15.3. The molecule has 2 aliphatic rings. The predicted molar refractivity (Wildman–Crippen MR) is 114 cm³/mol. The third-order valence-electron chi connectivity index (χ3n) is 5.93. The first-order valence-electron chi connectivity index (χ1n) is 10.7. The van der Waals surface area contributed by atoms with E-state index < -0.39 is 0 Å². The molecule has 2 aromatic rings. The van der Waals surface area contributed by atoms with Crippen molar-refractivity contribution in [2.75, 3.05) is 26.7 Å². The van der Waals surface area contributed by atoms with Crippen LogP contribution in [0.2, 0.25) is 0 Å². The minimum Gasteiger partial charge on any atom is -0.457 e. The van der Waals surface area contributed by atoms with Gasteiger partial charge in [-0.05, 0) is 81.1 Å². The van der Waals surface area contributed by atoms with Crippen LogP contribution in [0.25, 0.3) is 0 Å². The van der Waals surface area contributed by atoms with Crippen molar-refractivity contribution < 1.29 is 14.3 Å². The number of ether oxygens (including phenoxy) is 2. The van der Waals surface area contributed by atoms with Crippen LogP contribution >= 0.6 is 0 Å². The van der Waals surface area contributed by atoms with Crippen molar-refractivity contribution in [3.63, 3.8) is 0 Å². The van der Waals surface area contributed by atoms with Crippen LogP contribution in [0, 0.1) is 0 Å². The molecule has 5 heteroatoms. The highest BCUT2D eigenvalue weighted by atomic mass is 16.5. The van der Waals surface area contributed by atoms with Crippen LogP contribution < -0.4 is 10.1 Å². The number of rotatable bonds is 6. The second kappa shape index (κ2) is 9.42. The fourth-order valence-corrected chi connectivity index (χ4v) is 4.24. The first kappa shape index (κ1) is 19.9. The normalized spacial score (nSPS) is 19.8. The Morgan fingerprint density at radius 3 is 2.62 bits per heavy atom. The molecule has 2 heterocycles. The summed E-state index contributed by atoms with van der Waals surface area (Å²) in [5, 5.41) is 3.37. The molecule has 0 aliphatic carbocycles. The molecule has 0 spiro atoms. The van der Waals surface area contributed by atoms with Gasteiger partial charge >= 0.3 is 0 Å². The Morgan fingerprint density at radius 1 is 1.10 bits per heavy atom. The van der Waals surface area contributed by atoms with Gasteiger partial charge in [0, 0.05) is 25.3 Å². The molecule has 1 atom stereocenters. The fraction of sp³-hybridized carbons (Fsp3) is 0.458. The van der Waals surface area contributed by atoms with Gasteiger partial charge in [0.2, 0.25) is 0 Å². The maximum Gasteiger partial charge on any atom is 0.254 e. The van der Waals surface area contributed by atoms with Crippen molar-refractivity contribution in [3.8, 4) is 11.5 Å². The molecule has 2 aliphatic heterocycles. The molecule has 2 aromatic carbocycles. The summed E-state index contributed by atoms with van der Waals surface area (Å²) in [5.41, 5.74) is 1.78. The number of amides is 1. The first-order valence-corrected chi connectivity index (χ1v) is 10.7. The quantitative estimate of drug-likeness (QED) is 0.804. The van der Waals surface area contributed by atoms with E-state index in [9.17, 15) is 4.79 Å². The minimum absolute atomic E-state index is 0.0937. The van der Waals surface area contributed by atoms with E-state index in [1.165, 1.54) is 0 Å². The molecule has 29 heavy (non-hydrogen) atoms. The van der Waals surface area contributed by atoms with Gasteiger partial charge in [-0.3, -0.25) is 4.79 Å². The van der Waals surface area contributed by atoms with Crippen LogP contribution in [0.3, 0.4) is 0 Å². The lowest BCUT2D eigenvalue weighted by Crippen LogP contribution is -2.44. The maximum atomic E-state index is 13.3. The molecule has 2 fully saturated rings. The van der Waals surface area contributed by atoms with Gasteiger partial charge in [-0.15, -0.1) is 0 Å². The lowest BCUT2D eigenvalue weighted by atomic mass is 9.97. The van der Waals surface area contributed by atoms with Gasteiger partial charge in [-0.1, -0.05) is 18.2 Å². The van der Waals surface area contributed by atoms with Crippen molar-refractivity contribution in [1.29, 1.82) is 0 Å². The number of nitrogens with zero attached hydrogens (tertiary/aromatic N) is 1. The van der Waals surface area contributed by atoms with Crippen LogP contribution in [0.1, 0.15) is 41.6 Å². The van der Waals surface area contributed by atoms with Crippen LogP contribution in [-0.4, -0.2) is 49.7 Å². The zero-order chi connectivity index (χ0) is 20.1. The molecule has 2 saturated heterocycles. The van der Waals surface area contributed by atoms with Crippen molar-refractivity contribution >= 4 is 5.91 Å². The molecule has 5 nitrogen and oxygen atoms in total. The third-order valence-corrected chi connectivity index (χ3v) is 5.93. The molecule has 4 rings (SSSR count). The predicted octanol–water partition coefficient (Wildman–Crippen LogP) is 4.02. The molecular formula is C24H30N2O3. The number of hydrogen-bond donors (Lipinski definition) is 1. The Kier molecular flexibility index (Phi) is 6.47. The van der Waals surface area contributed by atoms with E-state index in [-0.39, 0.29) is 12.0 Å². The standard InChI is InChI=1S/C24H30N2O3/c1-26(19-11-13-25-14-12-19)24(27)23-10-9-22(29-20-6-3-2-4-7-20)17-18(23)16-21-8-5-15-28-21/h2-4,6-7,9-10,17,19,21,25H,5,8,11-16H2,1H3. The summed E-state index contributed by atoms with van der Waals surface area (Å²) in [6, 6.07) is 15.9. The lowest BCUT2D eigenvalue weighted by molar-refractivity contribution is 0.0700. The average molecular weight is 395 g/mol. The number of hydrogen-bond acceptors (Lipinski definition) is 4. The number of benzene rings is 2. The summed E-state index contributed by atoms with van der Waals surface area (Å²) >= 11 is 0. The molecule has 0 radical (unpaired) electrons. The largest absolute Gasteiger partial charge is 0.457 e. The Bertz CT molecular complexity index is 812. The summed E-state index contributed by atoms with van der Waals surface area (Å²) in [6.45, 7) is 2.74. The Labute approximate surface area is 173 Å². The molecule has 1 N–H and O–H groups in total. The van der Waals surface area contributed by atoms with Crippen molar-refractivity contribution in [2.24, 2.45) is 0 Å². The first-order chi connectivity index (χ1) is 14.2. The number of carbonyl (C=O) groups is 1. The zero-order valence-corrected chi connectivity index (χ0v) is 17.1. The SMILES string of the molecule is CN(C(=O)c1ccc(Oc2ccccc2)cc1CC1CCCO1)C1CCNCC1. The topological polar surface area (TPSA) is 50.8 Å². The van der Waals surface area contributed by atoms with Gasteiger partial charge in [-0.2, -0.15) is 0 Å². The second-order valence-electron chi connectivity index (χ2n) is 7.97. The van der Waals surface area contributed by atoms with Crippen LogP contribution in [0.15, 0.2) is 48.5 Å². The van der Waals surface area contributed by atoms with Crippen LogP contribution in [0.4, 0.5) is 0 Å². The van der Waals surface area contributed by atoms with Crippen molar-refractivity contribution in [1.82, 2.24) is 10.2 Å². The number of para-hydroxylation sites is 1. The molecule has 1 unspecified atom stereocenters. The van der Waals surface area contributed by atoms with E-state index in [2.05, 4.69) is 5.32 Å². The smallest absolute Gasteiger partial charge is 0.254 e. The van der Waals surface area contributed by atoms with Gasteiger partial charge in [0.05, 0.1) is 6.10 Å². The van der Waals surface area contributed by atoms with Gasteiger partial charge in [0.15, 0.2) is 0 Å². The highest BCUT2D eigenvalue weighted by Crippen LogP contribution is 2.28. The monoisotopic (exact) mass is 394 g/mol. The van der Waals surface area contributed by atoms with E-state index in [0.717, 1.165) is 74.4 Å². The molecule has 0 bridgehead atoms. The fourth-order valence-electron chi connectivity index (χ4n) is 4.24. The Hall–Kier alpha value is -2.37. The van der Waals surface area contributed by atoms with E-state index in [4.69, 9.17) is 9.47 Å². The average Bonchev–Trinajstić information content (AvgIpc) is 3.27. The minimum atomic E-state index is 0.0937. The van der Waals surface area contributed by atoms with E-state index in [0.29, 0.717) is 6.04 Å². The zero-order valence-electron chi connectivity index (χ0n) is 17.1. The van der Waals surface area contributed by atoms with Crippen molar-refractivity contribution in [3.05, 3.63) is 59.7 Å². The maximum absolute atomic E-state index is 13.3. The number of nitrogens with one attached hydrogen (secondary N) is 1. The highest BCUT2D eigenvalue weighted by Gasteiger charge is 2.26. The summed E-state index contributed by atoms with van der Waals surface area (Å²) in [6.07, 6.45) is 5.05. The molecule has 154 valence electrons. The van der Waals surface area contributed by atoms with Gasteiger partial charge in [0.1, 0.15) is 11.5 Å². The molecular weight excluding hydrogens is 364 g/mol. The Morgan fingerprint density at radius 2 is 1.90 bits per heavy atom. The van der Waals surface area contributed by atoms with E-state index in [1.807, 2.05) is 60.5 Å². The summed E-state index contributed by atoms with van der Waals surface area (Å²) in [7, 11) is 1.93. The number of piperidine rings is 1. The molecule has 1 amide bonds. The summed E-state index contributed by atoms with van der Waals surface area (Å²) < 4.78 is 11.9. The van der Waals surface area contributed by atoms with Crippen LogP contribution in [0.5, 0.6) is 11.5 Å². The highest BCUT2D eigenvalue weighted by molar-refractivity contribution is 5.96. The number of carbonyl (C=O) groups excluding carboxylic acids is 1. The Balaban J connectivity index is 1.57. The summed E-state index contributed by atoms with van der Waals surface area (Å²) in [5.74, 6) is 1.64. The van der Waals surface area contributed by atoms with Crippen LogP contribution in [-0.2, 0) is 11.2 Å². The lowest BCUT2D eigenvalue weighted by Gasteiger charge is -2.32. The van der Waals surface area contributed by atoms with Gasteiger partial charge in [0.25, 0.3) is 5.91 Å². The van der Waals surface area contributed by atoms with E-state index >= 15 is 0 Å². The molecule has 0 aromatic heterocycles.